The largest absolute Gasteiger partial charge is 0.381 e. The van der Waals surface area contributed by atoms with Crippen molar-refractivity contribution < 1.29 is 17.9 Å². The molecule has 0 aromatic carbocycles. The lowest BCUT2D eigenvalue weighted by Crippen LogP contribution is -2.69. The van der Waals surface area contributed by atoms with Crippen LogP contribution in [0.2, 0.25) is 0 Å². The second kappa shape index (κ2) is 4.72. The summed E-state index contributed by atoms with van der Waals surface area (Å²) >= 11 is 0. The number of nitrogens with one attached hydrogen (secondary N) is 1. The first-order valence-electron chi connectivity index (χ1n) is 6.55. The number of fused-ring (bicyclic) bond motifs is 1. The van der Waals surface area contributed by atoms with E-state index >= 15 is 0 Å². The van der Waals surface area contributed by atoms with Gasteiger partial charge in [-0.1, -0.05) is 0 Å². The van der Waals surface area contributed by atoms with Crippen molar-refractivity contribution in [1.82, 2.24) is 4.72 Å². The summed E-state index contributed by atoms with van der Waals surface area (Å²) in [4.78, 5) is 0. The Labute approximate surface area is 107 Å². The Balaban J connectivity index is 1.64. The van der Waals surface area contributed by atoms with E-state index in [1.165, 1.54) is 0 Å². The van der Waals surface area contributed by atoms with E-state index in [0.717, 1.165) is 6.42 Å². The Morgan fingerprint density at radius 2 is 1.83 bits per heavy atom. The minimum atomic E-state index is -3.30. The molecule has 18 heavy (non-hydrogen) atoms. The van der Waals surface area contributed by atoms with Crippen LogP contribution in [0.1, 0.15) is 19.3 Å². The monoisotopic (exact) mass is 276 g/mol. The molecule has 0 radical (unpaired) electrons. The maximum Gasteiger partial charge on any atom is 0.215 e. The van der Waals surface area contributed by atoms with E-state index in [2.05, 4.69) is 4.72 Å². The first kappa shape index (κ1) is 12.8. The first-order chi connectivity index (χ1) is 8.59. The van der Waals surface area contributed by atoms with Crippen LogP contribution in [-0.4, -0.2) is 51.7 Å². The molecule has 1 saturated carbocycles. The highest BCUT2D eigenvalue weighted by Gasteiger charge is 2.53. The summed E-state index contributed by atoms with van der Waals surface area (Å²) in [5, 5.41) is -0.348. The Morgan fingerprint density at radius 3 is 2.56 bits per heavy atom. The van der Waals surface area contributed by atoms with Crippen molar-refractivity contribution in [2.45, 2.75) is 42.7 Å². The molecule has 3 N–H and O–H groups in total. The van der Waals surface area contributed by atoms with Crippen LogP contribution in [0, 0.1) is 5.92 Å². The Hall–Kier alpha value is -0.210. The highest BCUT2D eigenvalue weighted by atomic mass is 32.2. The quantitative estimate of drug-likeness (QED) is 0.704. The molecule has 1 aliphatic carbocycles. The molecule has 0 amide bonds. The number of rotatable bonds is 3. The number of hydrogen-bond acceptors (Lipinski definition) is 5. The number of hydrogen-bond donors (Lipinski definition) is 2. The van der Waals surface area contributed by atoms with Crippen LogP contribution in [0.3, 0.4) is 0 Å². The molecule has 0 aromatic heterocycles. The van der Waals surface area contributed by atoms with E-state index in [0.29, 0.717) is 38.6 Å². The fourth-order valence-electron chi connectivity index (χ4n) is 3.17. The van der Waals surface area contributed by atoms with Gasteiger partial charge in [-0.3, -0.25) is 0 Å². The average Bonchev–Trinajstić information content (AvgIpc) is 2.82. The molecule has 104 valence electrons. The summed E-state index contributed by atoms with van der Waals surface area (Å²) < 4.78 is 38.0. The molecule has 4 unspecified atom stereocenters. The van der Waals surface area contributed by atoms with Gasteiger partial charge in [-0.05, 0) is 19.3 Å². The van der Waals surface area contributed by atoms with Crippen molar-refractivity contribution in [1.29, 1.82) is 0 Å². The van der Waals surface area contributed by atoms with Crippen molar-refractivity contribution in [3.05, 3.63) is 0 Å². The van der Waals surface area contributed by atoms with Gasteiger partial charge in [0.1, 0.15) is 0 Å². The lowest BCUT2D eigenvalue weighted by atomic mass is 9.73. The second-order valence-corrected chi connectivity index (χ2v) is 7.36. The van der Waals surface area contributed by atoms with E-state index in [1.807, 2.05) is 0 Å². The molecule has 3 rings (SSSR count). The summed E-state index contributed by atoms with van der Waals surface area (Å²) in [5.41, 5.74) is 6.01. The van der Waals surface area contributed by atoms with Crippen molar-refractivity contribution in [3.8, 4) is 0 Å². The molecular formula is C11H20N2O4S. The summed E-state index contributed by atoms with van der Waals surface area (Å²) in [7, 11) is -3.30. The van der Waals surface area contributed by atoms with Crippen LogP contribution in [0.5, 0.6) is 0 Å². The SMILES string of the molecule is NC1C2CCOC2C1NS(=O)(=O)C1CCOCC1. The normalized spacial score (nSPS) is 41.4. The maximum atomic E-state index is 12.2. The van der Waals surface area contributed by atoms with Gasteiger partial charge < -0.3 is 15.2 Å². The molecule has 0 bridgehead atoms. The summed E-state index contributed by atoms with van der Waals surface area (Å²) in [6.07, 6.45) is 2.05. The lowest BCUT2D eigenvalue weighted by molar-refractivity contribution is -0.00951. The van der Waals surface area contributed by atoms with Gasteiger partial charge in [-0.15, -0.1) is 0 Å². The second-order valence-electron chi connectivity index (χ2n) is 5.37. The molecular weight excluding hydrogens is 256 g/mol. The molecule has 2 saturated heterocycles. The van der Waals surface area contributed by atoms with Crippen LogP contribution in [0.4, 0.5) is 0 Å². The third kappa shape index (κ3) is 2.08. The molecule has 3 aliphatic rings. The Morgan fingerprint density at radius 1 is 1.11 bits per heavy atom. The van der Waals surface area contributed by atoms with Crippen LogP contribution in [0.15, 0.2) is 0 Å². The van der Waals surface area contributed by atoms with Crippen molar-refractivity contribution in [2.75, 3.05) is 19.8 Å². The minimum absolute atomic E-state index is 0.0189. The average molecular weight is 276 g/mol. The number of nitrogens with two attached hydrogens (primary N) is 1. The predicted octanol–water partition coefficient (Wildman–Crippen LogP) is -0.801. The highest BCUT2D eigenvalue weighted by Crippen LogP contribution is 2.38. The molecule has 0 spiro atoms. The molecule has 7 heteroatoms. The lowest BCUT2D eigenvalue weighted by Gasteiger charge is -2.45. The van der Waals surface area contributed by atoms with Crippen molar-refractivity contribution in [2.24, 2.45) is 11.7 Å². The van der Waals surface area contributed by atoms with E-state index in [4.69, 9.17) is 15.2 Å². The third-order valence-electron chi connectivity index (χ3n) is 4.35. The molecule has 2 aliphatic heterocycles. The fraction of sp³-hybridized carbons (Fsp3) is 1.00. The molecule has 6 nitrogen and oxygen atoms in total. The Kier molecular flexibility index (Phi) is 3.36. The first-order valence-corrected chi connectivity index (χ1v) is 8.10. The Bertz CT molecular complexity index is 407. The van der Waals surface area contributed by atoms with E-state index in [1.54, 1.807) is 0 Å². The van der Waals surface area contributed by atoms with Crippen molar-refractivity contribution in [3.63, 3.8) is 0 Å². The van der Waals surface area contributed by atoms with Gasteiger partial charge in [0.15, 0.2) is 0 Å². The zero-order valence-electron chi connectivity index (χ0n) is 10.2. The van der Waals surface area contributed by atoms with Crippen LogP contribution >= 0.6 is 0 Å². The standard InChI is InChI=1S/C11H20N2O4S/c12-9-8-3-6-17-11(8)10(9)13-18(14,15)7-1-4-16-5-2-7/h7-11,13H,1-6,12H2. The highest BCUT2D eigenvalue weighted by molar-refractivity contribution is 7.90. The zero-order chi connectivity index (χ0) is 12.8. The topological polar surface area (TPSA) is 90.6 Å². The van der Waals surface area contributed by atoms with Gasteiger partial charge in [0, 0.05) is 31.8 Å². The van der Waals surface area contributed by atoms with Gasteiger partial charge in [0.25, 0.3) is 0 Å². The summed E-state index contributed by atoms with van der Waals surface area (Å²) in [6, 6.07) is -0.350. The third-order valence-corrected chi connectivity index (χ3v) is 6.30. The van der Waals surface area contributed by atoms with Gasteiger partial charge in [-0.2, -0.15) is 0 Å². The molecule has 0 aromatic rings. The van der Waals surface area contributed by atoms with E-state index < -0.39 is 10.0 Å². The van der Waals surface area contributed by atoms with Gasteiger partial charge in [0.2, 0.25) is 10.0 Å². The van der Waals surface area contributed by atoms with Gasteiger partial charge >= 0.3 is 0 Å². The number of ether oxygens (including phenoxy) is 2. The molecule has 2 heterocycles. The van der Waals surface area contributed by atoms with E-state index in [9.17, 15) is 8.42 Å². The number of sulfonamides is 1. The smallest absolute Gasteiger partial charge is 0.215 e. The van der Waals surface area contributed by atoms with Crippen LogP contribution < -0.4 is 10.5 Å². The minimum Gasteiger partial charge on any atom is -0.381 e. The maximum absolute atomic E-state index is 12.2. The summed E-state index contributed by atoms with van der Waals surface area (Å²) in [6.45, 7) is 1.73. The summed E-state index contributed by atoms with van der Waals surface area (Å²) in [5.74, 6) is 0.326. The fourth-order valence-corrected chi connectivity index (χ4v) is 4.84. The van der Waals surface area contributed by atoms with E-state index in [-0.39, 0.29) is 23.4 Å². The van der Waals surface area contributed by atoms with Crippen LogP contribution in [-0.2, 0) is 19.5 Å². The molecule has 4 atom stereocenters. The zero-order valence-corrected chi connectivity index (χ0v) is 11.1. The van der Waals surface area contributed by atoms with Crippen molar-refractivity contribution >= 4 is 10.0 Å². The predicted molar refractivity (Wildman–Crippen MR) is 65.5 cm³/mol. The molecule has 3 fully saturated rings. The van der Waals surface area contributed by atoms with Crippen LogP contribution in [0.25, 0.3) is 0 Å². The van der Waals surface area contributed by atoms with Gasteiger partial charge in [-0.25, -0.2) is 13.1 Å². The van der Waals surface area contributed by atoms with Gasteiger partial charge in [0.05, 0.1) is 17.4 Å².